The summed E-state index contributed by atoms with van der Waals surface area (Å²) in [5.74, 6) is -3.00. The van der Waals surface area contributed by atoms with Crippen molar-refractivity contribution in [2.24, 2.45) is 5.92 Å². The fourth-order valence-corrected chi connectivity index (χ4v) is 3.39. The van der Waals surface area contributed by atoms with Crippen molar-refractivity contribution in [3.05, 3.63) is 47.1 Å². The first-order valence-electron chi connectivity index (χ1n) is 9.60. The van der Waals surface area contributed by atoms with E-state index in [0.29, 0.717) is 30.3 Å². The zero-order valence-corrected chi connectivity index (χ0v) is 17.3. The quantitative estimate of drug-likeness (QED) is 0.236. The fourth-order valence-electron chi connectivity index (χ4n) is 3.39. The Hall–Kier alpha value is -3.00. The average molecular weight is 418 g/mol. The second-order valence-corrected chi connectivity index (χ2v) is 7.14. The van der Waals surface area contributed by atoms with E-state index in [2.05, 4.69) is 6.58 Å². The van der Waals surface area contributed by atoms with Crippen LogP contribution in [0.25, 0.3) is 0 Å². The van der Waals surface area contributed by atoms with Crippen LogP contribution >= 0.6 is 0 Å². The third-order valence-electron chi connectivity index (χ3n) is 5.12. The number of carbonyl (C=O) groups is 4. The second kappa shape index (κ2) is 10.2. The molecule has 0 spiro atoms. The Morgan fingerprint density at radius 1 is 1.33 bits per heavy atom. The van der Waals surface area contributed by atoms with Crippen LogP contribution in [0.15, 0.2) is 47.1 Å². The van der Waals surface area contributed by atoms with Crippen molar-refractivity contribution in [3.8, 4) is 0 Å². The van der Waals surface area contributed by atoms with Crippen molar-refractivity contribution in [2.45, 2.75) is 51.9 Å². The molecule has 0 amide bonds. The Morgan fingerprint density at radius 2 is 2.03 bits per heavy atom. The van der Waals surface area contributed by atoms with Crippen molar-refractivity contribution in [1.29, 1.82) is 0 Å². The molecule has 4 atom stereocenters. The molecule has 8 nitrogen and oxygen atoms in total. The number of aliphatic hydroxyl groups is 1. The third kappa shape index (κ3) is 5.13. The van der Waals surface area contributed by atoms with Gasteiger partial charge in [-0.05, 0) is 38.3 Å². The molecule has 2 rings (SSSR count). The molecule has 1 N–H and O–H groups in total. The molecule has 8 heteroatoms. The first kappa shape index (κ1) is 23.3. The molecule has 0 unspecified atom stereocenters. The molecule has 30 heavy (non-hydrogen) atoms. The van der Waals surface area contributed by atoms with Crippen molar-refractivity contribution < 1.29 is 38.5 Å². The normalized spacial score (nSPS) is 30.7. The maximum atomic E-state index is 12.6. The van der Waals surface area contributed by atoms with Gasteiger partial charge >= 0.3 is 17.9 Å². The molecular formula is C22H26O8. The SMILES string of the molecule is C=C1C(=O)O[C@@H]2/C=C(\CO)CC/C=C(/C=O)[C@H](OC(C)=O)[C@@H](OC(=O)/C(C)=C\C)[C@@H]12. The molecule has 0 bridgehead atoms. The average Bonchev–Trinajstić information content (AvgIpc) is 2.99. The van der Waals surface area contributed by atoms with Crippen molar-refractivity contribution in [3.63, 3.8) is 0 Å². The molecule has 0 aromatic rings. The summed E-state index contributed by atoms with van der Waals surface area (Å²) in [6.07, 6.45) is 2.59. The molecule has 1 heterocycles. The second-order valence-electron chi connectivity index (χ2n) is 7.14. The first-order valence-corrected chi connectivity index (χ1v) is 9.60. The lowest BCUT2D eigenvalue weighted by Crippen LogP contribution is -2.45. The lowest BCUT2D eigenvalue weighted by Gasteiger charge is -2.33. The van der Waals surface area contributed by atoms with Gasteiger partial charge < -0.3 is 19.3 Å². The van der Waals surface area contributed by atoms with Gasteiger partial charge in [0, 0.05) is 23.6 Å². The highest BCUT2D eigenvalue weighted by molar-refractivity contribution is 5.92. The number of aldehydes is 1. The van der Waals surface area contributed by atoms with Crippen molar-refractivity contribution >= 4 is 24.2 Å². The van der Waals surface area contributed by atoms with E-state index in [-0.39, 0.29) is 17.8 Å². The van der Waals surface area contributed by atoms with Gasteiger partial charge in [-0.15, -0.1) is 0 Å². The van der Waals surface area contributed by atoms with Crippen LogP contribution in [0.1, 0.15) is 33.6 Å². The molecule has 0 saturated carbocycles. The smallest absolute Gasteiger partial charge is 0.334 e. The van der Waals surface area contributed by atoms with E-state index in [4.69, 9.17) is 14.2 Å². The highest BCUT2D eigenvalue weighted by Gasteiger charge is 2.49. The minimum Gasteiger partial charge on any atom is -0.454 e. The third-order valence-corrected chi connectivity index (χ3v) is 5.12. The number of fused-ring (bicyclic) bond motifs is 1. The van der Waals surface area contributed by atoms with Gasteiger partial charge in [-0.1, -0.05) is 18.7 Å². The minimum atomic E-state index is -1.25. The van der Waals surface area contributed by atoms with Gasteiger partial charge in [0.05, 0.1) is 12.5 Å². The number of carbonyl (C=O) groups excluding carboxylic acids is 4. The largest absolute Gasteiger partial charge is 0.454 e. The molecule has 0 aromatic heterocycles. The summed E-state index contributed by atoms with van der Waals surface area (Å²) in [4.78, 5) is 48.5. The lowest BCUT2D eigenvalue weighted by molar-refractivity contribution is -0.166. The number of hydrogen-bond acceptors (Lipinski definition) is 8. The van der Waals surface area contributed by atoms with E-state index in [9.17, 15) is 24.3 Å². The van der Waals surface area contributed by atoms with Crippen LogP contribution < -0.4 is 0 Å². The number of aliphatic hydroxyl groups excluding tert-OH is 1. The highest BCUT2D eigenvalue weighted by atomic mass is 16.6. The predicted molar refractivity (Wildman–Crippen MR) is 106 cm³/mol. The minimum absolute atomic E-state index is 0.0208. The summed E-state index contributed by atoms with van der Waals surface area (Å²) in [6.45, 7) is 7.87. The van der Waals surface area contributed by atoms with Crippen LogP contribution in [-0.4, -0.2) is 54.2 Å². The zero-order chi connectivity index (χ0) is 22.4. The molecule has 2 aliphatic rings. The number of ether oxygens (including phenoxy) is 3. The maximum absolute atomic E-state index is 12.6. The van der Waals surface area contributed by atoms with E-state index in [0.717, 1.165) is 0 Å². The molecule has 0 aromatic carbocycles. The Bertz CT molecular complexity index is 832. The predicted octanol–water partition coefficient (Wildman–Crippen LogP) is 1.73. The van der Waals surface area contributed by atoms with Gasteiger partial charge in [0.25, 0.3) is 0 Å². The standard InChI is InChI=1S/C22H26O8/c1-5-12(2)21(26)30-20-18-13(3)22(27)29-17(18)9-15(10-23)7-6-8-16(11-24)19(20)28-14(4)25/h5,8-9,11,17-20,23H,3,6-7,10H2,1-2,4H3/b12-5-,15-9-,16-8-/t17-,18+,19+,20+/m1/s1. The van der Waals surface area contributed by atoms with Gasteiger partial charge in [0.15, 0.2) is 12.2 Å². The van der Waals surface area contributed by atoms with Gasteiger partial charge in [-0.25, -0.2) is 9.59 Å². The van der Waals surface area contributed by atoms with Crippen molar-refractivity contribution in [2.75, 3.05) is 6.61 Å². The Labute approximate surface area is 174 Å². The molecule has 0 radical (unpaired) electrons. The van der Waals surface area contributed by atoms with Gasteiger partial charge in [0.2, 0.25) is 0 Å². The molecule has 162 valence electrons. The Morgan fingerprint density at radius 3 is 2.60 bits per heavy atom. The Balaban J connectivity index is 2.66. The molecule has 1 aliphatic carbocycles. The summed E-state index contributed by atoms with van der Waals surface area (Å²) in [7, 11) is 0. The van der Waals surface area contributed by atoms with Crippen LogP contribution in [0.4, 0.5) is 0 Å². The van der Waals surface area contributed by atoms with Crippen LogP contribution in [0.3, 0.4) is 0 Å². The highest BCUT2D eigenvalue weighted by Crippen LogP contribution is 2.37. The lowest BCUT2D eigenvalue weighted by atomic mass is 9.83. The van der Waals surface area contributed by atoms with Crippen LogP contribution in [0.5, 0.6) is 0 Å². The monoisotopic (exact) mass is 418 g/mol. The molecule has 1 fully saturated rings. The fraction of sp³-hybridized carbons (Fsp3) is 0.455. The van der Waals surface area contributed by atoms with E-state index < -0.39 is 42.1 Å². The van der Waals surface area contributed by atoms with E-state index >= 15 is 0 Å². The molecule has 1 aliphatic heterocycles. The summed E-state index contributed by atoms with van der Waals surface area (Å²) in [6, 6.07) is 0. The van der Waals surface area contributed by atoms with Crippen LogP contribution in [0, 0.1) is 5.92 Å². The number of rotatable bonds is 5. The number of hydrogen-bond donors (Lipinski definition) is 1. The first-order chi connectivity index (χ1) is 14.2. The molecule has 1 saturated heterocycles. The number of esters is 3. The van der Waals surface area contributed by atoms with Crippen LogP contribution in [-0.2, 0) is 33.4 Å². The van der Waals surface area contributed by atoms with E-state index in [1.807, 2.05) is 0 Å². The Kier molecular flexibility index (Phi) is 7.88. The summed E-state index contributed by atoms with van der Waals surface area (Å²) in [5, 5.41) is 9.65. The van der Waals surface area contributed by atoms with E-state index in [1.54, 1.807) is 32.1 Å². The van der Waals surface area contributed by atoms with Gasteiger partial charge in [-0.2, -0.15) is 0 Å². The summed E-state index contributed by atoms with van der Waals surface area (Å²) >= 11 is 0. The summed E-state index contributed by atoms with van der Waals surface area (Å²) < 4.78 is 16.4. The van der Waals surface area contributed by atoms with Gasteiger partial charge in [-0.3, -0.25) is 9.59 Å². The maximum Gasteiger partial charge on any atom is 0.334 e. The summed E-state index contributed by atoms with van der Waals surface area (Å²) in [5.41, 5.74) is 0.998. The topological polar surface area (TPSA) is 116 Å². The zero-order valence-electron chi connectivity index (χ0n) is 17.3. The van der Waals surface area contributed by atoms with E-state index in [1.165, 1.54) is 6.92 Å². The van der Waals surface area contributed by atoms with Gasteiger partial charge in [0.1, 0.15) is 12.4 Å². The number of allylic oxidation sites excluding steroid dienone is 2. The van der Waals surface area contributed by atoms with Crippen LogP contribution in [0.2, 0.25) is 0 Å². The van der Waals surface area contributed by atoms with Crippen molar-refractivity contribution in [1.82, 2.24) is 0 Å². The molecular weight excluding hydrogens is 392 g/mol.